The van der Waals surface area contributed by atoms with Gasteiger partial charge in [0.15, 0.2) is 0 Å². The summed E-state index contributed by atoms with van der Waals surface area (Å²) in [6.45, 7) is 2.99. The molecule has 0 aliphatic heterocycles. The van der Waals surface area contributed by atoms with E-state index in [1.54, 1.807) is 0 Å². The van der Waals surface area contributed by atoms with E-state index in [1.807, 2.05) is 6.92 Å². The molecule has 0 fully saturated rings. The molecule has 0 radical (unpaired) electrons. The molecule has 0 saturated heterocycles. The average Bonchev–Trinajstić information content (AvgIpc) is 1.91. The molecule has 0 aliphatic carbocycles. The Morgan fingerprint density at radius 3 is 2.78 bits per heavy atom. The number of hydrogen-bond donors (Lipinski definition) is 1. The summed E-state index contributed by atoms with van der Waals surface area (Å²) in [4.78, 5) is 0. The van der Waals surface area contributed by atoms with Gasteiger partial charge in [-0.3, -0.25) is 0 Å². The van der Waals surface area contributed by atoms with Crippen molar-refractivity contribution in [3.05, 3.63) is 11.9 Å². The molecule has 0 aliphatic rings. The Kier molecular flexibility index (Phi) is 5.46. The van der Waals surface area contributed by atoms with Crippen LogP contribution in [0.2, 0.25) is 0 Å². The molecular weight excluding hydrogens is 121 g/mol. The number of nitrogens with two attached hydrogens (primary N) is 1. The summed E-state index contributed by atoms with van der Waals surface area (Å²) in [6, 6.07) is 0. The highest BCUT2D eigenvalue weighted by atomic mass is 19.1. The van der Waals surface area contributed by atoms with E-state index in [4.69, 9.17) is 10.5 Å². The molecule has 2 nitrogen and oxygen atoms in total. The van der Waals surface area contributed by atoms with Gasteiger partial charge in [0.25, 0.3) is 0 Å². The topological polar surface area (TPSA) is 35.2 Å². The van der Waals surface area contributed by atoms with Gasteiger partial charge >= 0.3 is 0 Å². The predicted octanol–water partition coefficient (Wildman–Crippen LogP) is 0.835. The van der Waals surface area contributed by atoms with Crippen molar-refractivity contribution in [3.63, 3.8) is 0 Å². The van der Waals surface area contributed by atoms with E-state index >= 15 is 0 Å². The summed E-state index contributed by atoms with van der Waals surface area (Å²) in [6.07, 6.45) is 0.496. The van der Waals surface area contributed by atoms with E-state index in [9.17, 15) is 4.39 Å². The van der Waals surface area contributed by atoms with Crippen molar-refractivity contribution in [2.75, 3.05) is 19.8 Å². The van der Waals surface area contributed by atoms with E-state index in [-0.39, 0.29) is 6.54 Å². The Morgan fingerprint density at radius 1 is 1.78 bits per heavy atom. The van der Waals surface area contributed by atoms with Gasteiger partial charge in [-0.25, -0.2) is 4.39 Å². The highest BCUT2D eigenvalue weighted by Gasteiger charge is 1.91. The fourth-order valence-electron chi connectivity index (χ4n) is 0.368. The molecule has 0 aromatic heterocycles. The van der Waals surface area contributed by atoms with Gasteiger partial charge in [0.1, 0.15) is 0 Å². The van der Waals surface area contributed by atoms with Crippen LogP contribution in [0.3, 0.4) is 0 Å². The zero-order chi connectivity index (χ0) is 7.11. The first-order chi connectivity index (χ1) is 4.35. The molecule has 0 atom stereocenters. The quantitative estimate of drug-likeness (QED) is 0.616. The Bertz CT molecular complexity index is 93.1. The molecule has 0 aromatic carbocycles. The molecule has 0 bridgehead atoms. The van der Waals surface area contributed by atoms with Crippen molar-refractivity contribution in [2.24, 2.45) is 5.73 Å². The van der Waals surface area contributed by atoms with Crippen molar-refractivity contribution >= 4 is 0 Å². The second kappa shape index (κ2) is 5.72. The zero-order valence-corrected chi connectivity index (χ0v) is 5.56. The van der Waals surface area contributed by atoms with Crippen molar-refractivity contribution in [2.45, 2.75) is 6.92 Å². The summed E-state index contributed by atoms with van der Waals surface area (Å²) >= 11 is 0. The third-order valence-electron chi connectivity index (χ3n) is 0.908. The van der Waals surface area contributed by atoms with Crippen molar-refractivity contribution in [3.8, 4) is 0 Å². The minimum absolute atomic E-state index is 0.233. The Hall–Kier alpha value is -0.410. The van der Waals surface area contributed by atoms with Crippen molar-refractivity contribution < 1.29 is 9.13 Å². The lowest BCUT2D eigenvalue weighted by molar-refractivity contribution is 0.169. The van der Waals surface area contributed by atoms with Crippen molar-refractivity contribution in [1.82, 2.24) is 0 Å². The van der Waals surface area contributed by atoms with E-state index in [2.05, 4.69) is 0 Å². The second-order valence-corrected chi connectivity index (χ2v) is 1.61. The standard InChI is InChI=1S/C6H12FNO/c1-2-9-5-6(3-7)4-8/h3H,2,4-5,8H2,1H3/b6-3+. The molecule has 0 aromatic rings. The summed E-state index contributed by atoms with van der Waals surface area (Å²) in [5.74, 6) is 0. The maximum Gasteiger partial charge on any atom is 0.0894 e. The SMILES string of the molecule is CCOC/C(=C/F)CN. The monoisotopic (exact) mass is 133 g/mol. The molecule has 3 heteroatoms. The van der Waals surface area contributed by atoms with E-state index in [0.717, 1.165) is 0 Å². The molecule has 0 unspecified atom stereocenters. The van der Waals surface area contributed by atoms with Gasteiger partial charge in [0.2, 0.25) is 0 Å². The summed E-state index contributed by atoms with van der Waals surface area (Å²) in [7, 11) is 0. The molecule has 9 heavy (non-hydrogen) atoms. The van der Waals surface area contributed by atoms with Crippen LogP contribution in [0.25, 0.3) is 0 Å². The van der Waals surface area contributed by atoms with Crippen LogP contribution >= 0.6 is 0 Å². The van der Waals surface area contributed by atoms with Crippen LogP contribution in [0.1, 0.15) is 6.92 Å². The Labute approximate surface area is 54.5 Å². The molecule has 0 amide bonds. The third-order valence-corrected chi connectivity index (χ3v) is 0.908. The van der Waals surface area contributed by atoms with Gasteiger partial charge in [0.05, 0.1) is 12.9 Å². The first-order valence-corrected chi connectivity index (χ1v) is 2.91. The minimum atomic E-state index is 0.233. The Balaban J connectivity index is 3.33. The van der Waals surface area contributed by atoms with Crippen LogP contribution in [-0.4, -0.2) is 19.8 Å². The summed E-state index contributed by atoms with van der Waals surface area (Å²) < 4.78 is 16.5. The number of hydrogen-bond acceptors (Lipinski definition) is 2. The molecular formula is C6H12FNO. The molecule has 0 rings (SSSR count). The molecule has 2 N–H and O–H groups in total. The van der Waals surface area contributed by atoms with Crippen LogP contribution in [0.4, 0.5) is 4.39 Å². The van der Waals surface area contributed by atoms with E-state index in [1.165, 1.54) is 0 Å². The van der Waals surface area contributed by atoms with Gasteiger partial charge in [-0.15, -0.1) is 0 Å². The second-order valence-electron chi connectivity index (χ2n) is 1.61. The lowest BCUT2D eigenvalue weighted by Crippen LogP contribution is -2.08. The normalized spacial score (nSPS) is 12.1. The van der Waals surface area contributed by atoms with Gasteiger partial charge in [0, 0.05) is 13.2 Å². The smallest absolute Gasteiger partial charge is 0.0894 e. The highest BCUT2D eigenvalue weighted by Crippen LogP contribution is 1.92. The maximum atomic E-state index is 11.7. The highest BCUT2D eigenvalue weighted by molar-refractivity contribution is 4.98. The average molecular weight is 133 g/mol. The zero-order valence-electron chi connectivity index (χ0n) is 5.56. The molecule has 0 saturated carbocycles. The third kappa shape index (κ3) is 4.12. The molecule has 0 spiro atoms. The lowest BCUT2D eigenvalue weighted by atomic mass is 10.3. The summed E-state index contributed by atoms with van der Waals surface area (Å²) in [5, 5.41) is 0. The number of halogens is 1. The summed E-state index contributed by atoms with van der Waals surface area (Å²) in [5.41, 5.74) is 5.63. The molecule has 54 valence electrons. The fourth-order valence-corrected chi connectivity index (χ4v) is 0.368. The Morgan fingerprint density at radius 2 is 2.44 bits per heavy atom. The minimum Gasteiger partial charge on any atom is -0.377 e. The van der Waals surface area contributed by atoms with Crippen LogP contribution < -0.4 is 5.73 Å². The van der Waals surface area contributed by atoms with E-state index < -0.39 is 0 Å². The predicted molar refractivity (Wildman–Crippen MR) is 34.7 cm³/mol. The first kappa shape index (κ1) is 8.59. The van der Waals surface area contributed by atoms with Crippen LogP contribution in [0, 0.1) is 0 Å². The van der Waals surface area contributed by atoms with Gasteiger partial charge < -0.3 is 10.5 Å². The lowest BCUT2D eigenvalue weighted by Gasteiger charge is -2.00. The number of rotatable bonds is 4. The van der Waals surface area contributed by atoms with Gasteiger partial charge in [-0.1, -0.05) is 0 Å². The van der Waals surface area contributed by atoms with Crippen LogP contribution in [0.15, 0.2) is 11.9 Å². The van der Waals surface area contributed by atoms with Crippen LogP contribution in [0.5, 0.6) is 0 Å². The maximum absolute atomic E-state index is 11.7. The van der Waals surface area contributed by atoms with Crippen molar-refractivity contribution in [1.29, 1.82) is 0 Å². The largest absolute Gasteiger partial charge is 0.377 e. The number of ether oxygens (including phenoxy) is 1. The fraction of sp³-hybridized carbons (Fsp3) is 0.667. The molecule has 0 heterocycles. The van der Waals surface area contributed by atoms with E-state index in [0.29, 0.717) is 25.1 Å². The first-order valence-electron chi connectivity index (χ1n) is 2.91. The van der Waals surface area contributed by atoms with Gasteiger partial charge in [-0.05, 0) is 12.5 Å². The van der Waals surface area contributed by atoms with Gasteiger partial charge in [-0.2, -0.15) is 0 Å². The van der Waals surface area contributed by atoms with Crippen LogP contribution in [-0.2, 0) is 4.74 Å².